The van der Waals surface area contributed by atoms with Gasteiger partial charge in [0.05, 0.1) is 0 Å². The molecule has 2 rings (SSSR count). The number of benzene rings is 1. The molecular formula is C17H25N5. The Labute approximate surface area is 132 Å². The second-order valence-corrected chi connectivity index (χ2v) is 5.76. The first kappa shape index (κ1) is 16.2. The highest BCUT2D eigenvalue weighted by Crippen LogP contribution is 2.13. The van der Waals surface area contributed by atoms with Crippen molar-refractivity contribution in [1.29, 1.82) is 0 Å². The smallest absolute Gasteiger partial charge is 0.132 e. The van der Waals surface area contributed by atoms with Crippen LogP contribution in [0.1, 0.15) is 17.0 Å². The zero-order valence-electron chi connectivity index (χ0n) is 13.8. The maximum Gasteiger partial charge on any atom is 0.132 e. The molecule has 0 fully saturated rings. The van der Waals surface area contributed by atoms with Gasteiger partial charge >= 0.3 is 0 Å². The highest BCUT2D eigenvalue weighted by atomic mass is 15.1. The fraction of sp³-hybridized carbons (Fsp3) is 0.412. The molecule has 1 aromatic carbocycles. The summed E-state index contributed by atoms with van der Waals surface area (Å²) in [5.41, 5.74) is 2.52. The van der Waals surface area contributed by atoms with Crippen molar-refractivity contribution in [2.75, 3.05) is 37.8 Å². The van der Waals surface area contributed by atoms with Crippen LogP contribution in [0.4, 0.5) is 11.6 Å². The molecule has 0 amide bonds. The Morgan fingerprint density at radius 2 is 1.73 bits per heavy atom. The van der Waals surface area contributed by atoms with Crippen molar-refractivity contribution in [3.05, 3.63) is 47.3 Å². The molecule has 0 atom stereocenters. The first-order valence-electron chi connectivity index (χ1n) is 7.56. The van der Waals surface area contributed by atoms with Crippen LogP contribution >= 0.6 is 0 Å². The summed E-state index contributed by atoms with van der Waals surface area (Å²) in [6.45, 7) is 6.60. The summed E-state index contributed by atoms with van der Waals surface area (Å²) >= 11 is 0. The Morgan fingerprint density at radius 1 is 1.00 bits per heavy atom. The third-order valence-corrected chi connectivity index (χ3v) is 3.26. The lowest BCUT2D eigenvalue weighted by Crippen LogP contribution is -2.21. The summed E-state index contributed by atoms with van der Waals surface area (Å²) < 4.78 is 0. The summed E-state index contributed by atoms with van der Waals surface area (Å²) in [4.78, 5) is 11.0. The van der Waals surface area contributed by atoms with E-state index in [-0.39, 0.29) is 0 Å². The third-order valence-electron chi connectivity index (χ3n) is 3.26. The van der Waals surface area contributed by atoms with Gasteiger partial charge in [0, 0.05) is 25.7 Å². The molecule has 0 aliphatic carbocycles. The lowest BCUT2D eigenvalue weighted by Gasteiger charge is -2.12. The summed E-state index contributed by atoms with van der Waals surface area (Å²) in [5.74, 6) is 2.48. The molecule has 0 spiro atoms. The minimum atomic E-state index is 0.759. The Hall–Kier alpha value is -2.14. The van der Waals surface area contributed by atoms with Gasteiger partial charge in [0.25, 0.3) is 0 Å². The van der Waals surface area contributed by atoms with E-state index in [1.54, 1.807) is 0 Å². The van der Waals surface area contributed by atoms with Gasteiger partial charge in [-0.15, -0.1) is 0 Å². The van der Waals surface area contributed by atoms with Gasteiger partial charge in [-0.2, -0.15) is 0 Å². The molecule has 2 N–H and O–H groups in total. The van der Waals surface area contributed by atoms with Crippen molar-refractivity contribution in [1.82, 2.24) is 14.9 Å². The number of hydrogen-bond acceptors (Lipinski definition) is 5. The Bertz CT molecular complexity index is 610. The fourth-order valence-corrected chi connectivity index (χ4v) is 2.17. The Kier molecular flexibility index (Phi) is 5.72. The van der Waals surface area contributed by atoms with E-state index in [0.29, 0.717) is 0 Å². The highest BCUT2D eigenvalue weighted by molar-refractivity contribution is 5.48. The van der Waals surface area contributed by atoms with Crippen LogP contribution in [0.2, 0.25) is 0 Å². The summed E-state index contributed by atoms with van der Waals surface area (Å²) in [7, 11) is 4.11. The zero-order chi connectivity index (χ0) is 15.9. The fourth-order valence-electron chi connectivity index (χ4n) is 2.17. The molecule has 0 radical (unpaired) electrons. The number of aromatic nitrogens is 2. The SMILES string of the molecule is Cc1cccc(CNc2cc(NCCN(C)C)nc(C)n2)c1. The van der Waals surface area contributed by atoms with Crippen molar-refractivity contribution in [3.8, 4) is 0 Å². The molecule has 0 saturated carbocycles. The average Bonchev–Trinajstić information content (AvgIpc) is 2.44. The topological polar surface area (TPSA) is 53.1 Å². The van der Waals surface area contributed by atoms with Crippen molar-refractivity contribution in [2.45, 2.75) is 20.4 Å². The van der Waals surface area contributed by atoms with Crippen LogP contribution in [0.3, 0.4) is 0 Å². The second kappa shape index (κ2) is 7.75. The monoisotopic (exact) mass is 299 g/mol. The lowest BCUT2D eigenvalue weighted by atomic mass is 10.1. The van der Waals surface area contributed by atoms with E-state index in [2.05, 4.69) is 70.8 Å². The first-order valence-corrected chi connectivity index (χ1v) is 7.56. The predicted molar refractivity (Wildman–Crippen MR) is 92.3 cm³/mol. The molecule has 0 aliphatic rings. The van der Waals surface area contributed by atoms with E-state index in [1.807, 2.05) is 13.0 Å². The Morgan fingerprint density at radius 3 is 2.41 bits per heavy atom. The number of likely N-dealkylation sites (N-methyl/N-ethyl adjacent to an activating group) is 1. The molecule has 5 heteroatoms. The van der Waals surface area contributed by atoms with Gasteiger partial charge < -0.3 is 15.5 Å². The van der Waals surface area contributed by atoms with Gasteiger partial charge in [-0.05, 0) is 33.5 Å². The Balaban J connectivity index is 1.97. The van der Waals surface area contributed by atoms with Crippen molar-refractivity contribution in [2.24, 2.45) is 0 Å². The molecule has 22 heavy (non-hydrogen) atoms. The summed E-state index contributed by atoms with van der Waals surface area (Å²) in [5, 5.41) is 6.70. The van der Waals surface area contributed by atoms with Crippen molar-refractivity contribution < 1.29 is 0 Å². The van der Waals surface area contributed by atoms with Crippen molar-refractivity contribution >= 4 is 11.6 Å². The van der Waals surface area contributed by atoms with Crippen LogP contribution in [0.15, 0.2) is 30.3 Å². The predicted octanol–water partition coefficient (Wildman–Crippen LogP) is 2.68. The van der Waals surface area contributed by atoms with Crippen LogP contribution in [0.25, 0.3) is 0 Å². The van der Waals surface area contributed by atoms with Crippen LogP contribution in [0.5, 0.6) is 0 Å². The molecule has 1 heterocycles. The number of nitrogens with one attached hydrogen (secondary N) is 2. The number of nitrogens with zero attached hydrogens (tertiary/aromatic N) is 3. The molecular weight excluding hydrogens is 274 g/mol. The molecule has 1 aromatic heterocycles. The van der Waals surface area contributed by atoms with E-state index in [1.165, 1.54) is 11.1 Å². The van der Waals surface area contributed by atoms with Gasteiger partial charge in [0.2, 0.25) is 0 Å². The number of anilines is 2. The number of hydrogen-bond donors (Lipinski definition) is 2. The second-order valence-electron chi connectivity index (χ2n) is 5.76. The minimum Gasteiger partial charge on any atom is -0.369 e. The molecule has 2 aromatic rings. The van der Waals surface area contributed by atoms with E-state index >= 15 is 0 Å². The lowest BCUT2D eigenvalue weighted by molar-refractivity contribution is 0.425. The molecule has 0 aliphatic heterocycles. The quantitative estimate of drug-likeness (QED) is 0.823. The van der Waals surface area contributed by atoms with Gasteiger partial charge in [0.1, 0.15) is 17.5 Å². The van der Waals surface area contributed by atoms with Gasteiger partial charge in [0.15, 0.2) is 0 Å². The largest absolute Gasteiger partial charge is 0.369 e. The van der Waals surface area contributed by atoms with E-state index in [9.17, 15) is 0 Å². The van der Waals surface area contributed by atoms with E-state index < -0.39 is 0 Å². The number of aryl methyl sites for hydroxylation is 2. The van der Waals surface area contributed by atoms with E-state index in [0.717, 1.165) is 37.1 Å². The minimum absolute atomic E-state index is 0.759. The maximum absolute atomic E-state index is 4.44. The highest BCUT2D eigenvalue weighted by Gasteiger charge is 2.02. The molecule has 0 bridgehead atoms. The molecule has 5 nitrogen and oxygen atoms in total. The molecule has 0 saturated heterocycles. The first-order chi connectivity index (χ1) is 10.5. The number of rotatable bonds is 7. The standard InChI is InChI=1S/C17H25N5/c1-13-6-5-7-15(10-13)12-19-17-11-16(20-14(2)21-17)18-8-9-22(3)4/h5-7,10-11H,8-9,12H2,1-4H3,(H2,18,19,20,21). The molecule has 0 unspecified atom stereocenters. The van der Waals surface area contributed by atoms with Gasteiger partial charge in [-0.3, -0.25) is 0 Å². The van der Waals surface area contributed by atoms with Crippen LogP contribution in [-0.4, -0.2) is 42.1 Å². The average molecular weight is 299 g/mol. The van der Waals surface area contributed by atoms with Crippen LogP contribution < -0.4 is 10.6 Å². The zero-order valence-corrected chi connectivity index (χ0v) is 13.8. The summed E-state index contributed by atoms with van der Waals surface area (Å²) in [6, 6.07) is 10.4. The third kappa shape index (κ3) is 5.33. The molecule has 118 valence electrons. The summed E-state index contributed by atoms with van der Waals surface area (Å²) in [6.07, 6.45) is 0. The normalized spacial score (nSPS) is 10.8. The van der Waals surface area contributed by atoms with Crippen LogP contribution in [0, 0.1) is 13.8 Å². The van der Waals surface area contributed by atoms with Gasteiger partial charge in [-0.1, -0.05) is 29.8 Å². The maximum atomic E-state index is 4.44. The van der Waals surface area contributed by atoms with Crippen LogP contribution in [-0.2, 0) is 6.54 Å². The van der Waals surface area contributed by atoms with E-state index in [4.69, 9.17) is 0 Å². The van der Waals surface area contributed by atoms with Gasteiger partial charge in [-0.25, -0.2) is 9.97 Å². The van der Waals surface area contributed by atoms with Crippen molar-refractivity contribution in [3.63, 3.8) is 0 Å².